The number of nitrogens with two attached hydrogens (primary N) is 1. The van der Waals surface area contributed by atoms with Gasteiger partial charge in [-0.25, -0.2) is 0 Å². The van der Waals surface area contributed by atoms with Gasteiger partial charge in [-0.05, 0) is 42.8 Å². The van der Waals surface area contributed by atoms with Gasteiger partial charge < -0.3 is 15.4 Å². The van der Waals surface area contributed by atoms with E-state index in [1.54, 1.807) is 0 Å². The lowest BCUT2D eigenvalue weighted by atomic mass is 10.1. The molecule has 4 heteroatoms. The quantitative estimate of drug-likeness (QED) is 0.871. The molecule has 2 aromatic carbocycles. The SMILES string of the molecule is CCN(Cc1cc(Cl)cc2c1OCC2)c1cccc(N)c1. The van der Waals surface area contributed by atoms with Crippen LogP contribution in [0.4, 0.5) is 11.4 Å². The van der Waals surface area contributed by atoms with Crippen LogP contribution < -0.4 is 15.4 Å². The van der Waals surface area contributed by atoms with E-state index >= 15 is 0 Å². The highest BCUT2D eigenvalue weighted by Crippen LogP contribution is 2.34. The summed E-state index contributed by atoms with van der Waals surface area (Å²) in [6, 6.07) is 12.0. The van der Waals surface area contributed by atoms with Crippen molar-refractivity contribution in [3.63, 3.8) is 0 Å². The number of ether oxygens (including phenoxy) is 1. The minimum atomic E-state index is 0.743. The Balaban J connectivity index is 1.91. The molecule has 0 saturated carbocycles. The number of fused-ring (bicyclic) bond motifs is 1. The van der Waals surface area contributed by atoms with Crippen molar-refractivity contribution in [1.29, 1.82) is 0 Å². The topological polar surface area (TPSA) is 38.5 Å². The third-order valence-corrected chi connectivity index (χ3v) is 4.02. The Morgan fingerprint density at radius 1 is 1.29 bits per heavy atom. The fraction of sp³-hybridized carbons (Fsp3) is 0.294. The molecule has 3 nitrogen and oxygen atoms in total. The molecule has 1 heterocycles. The van der Waals surface area contributed by atoms with Gasteiger partial charge in [0.15, 0.2) is 0 Å². The van der Waals surface area contributed by atoms with Crippen LogP contribution in [-0.4, -0.2) is 13.2 Å². The first-order chi connectivity index (χ1) is 10.2. The minimum Gasteiger partial charge on any atom is -0.493 e. The van der Waals surface area contributed by atoms with Crippen molar-refractivity contribution in [2.75, 3.05) is 23.8 Å². The molecule has 0 amide bonds. The summed E-state index contributed by atoms with van der Waals surface area (Å²) in [5.41, 5.74) is 10.1. The maximum Gasteiger partial charge on any atom is 0.127 e. The molecule has 0 aromatic heterocycles. The first-order valence-corrected chi connectivity index (χ1v) is 7.59. The third kappa shape index (κ3) is 2.93. The van der Waals surface area contributed by atoms with Crippen LogP contribution in [0.2, 0.25) is 5.02 Å². The summed E-state index contributed by atoms with van der Waals surface area (Å²) in [4.78, 5) is 2.27. The summed E-state index contributed by atoms with van der Waals surface area (Å²) >= 11 is 6.23. The van der Waals surface area contributed by atoms with Gasteiger partial charge in [0, 0.05) is 41.5 Å². The number of rotatable bonds is 4. The molecule has 2 N–H and O–H groups in total. The molecule has 0 radical (unpaired) electrons. The van der Waals surface area contributed by atoms with Crippen LogP contribution in [-0.2, 0) is 13.0 Å². The van der Waals surface area contributed by atoms with Crippen molar-refractivity contribution in [3.05, 3.63) is 52.5 Å². The van der Waals surface area contributed by atoms with Crippen LogP contribution in [0.5, 0.6) is 5.75 Å². The molecule has 0 bridgehead atoms. The number of halogens is 1. The fourth-order valence-electron chi connectivity index (χ4n) is 2.78. The summed E-state index contributed by atoms with van der Waals surface area (Å²) in [6.07, 6.45) is 0.938. The van der Waals surface area contributed by atoms with E-state index in [4.69, 9.17) is 22.1 Å². The van der Waals surface area contributed by atoms with Crippen molar-refractivity contribution < 1.29 is 4.74 Å². The average Bonchev–Trinajstić information content (AvgIpc) is 2.92. The van der Waals surface area contributed by atoms with E-state index < -0.39 is 0 Å². The van der Waals surface area contributed by atoms with E-state index in [2.05, 4.69) is 17.9 Å². The second-order valence-corrected chi connectivity index (χ2v) is 5.70. The Hall–Kier alpha value is -1.87. The summed E-state index contributed by atoms with van der Waals surface area (Å²) in [5, 5.41) is 0.776. The Labute approximate surface area is 130 Å². The van der Waals surface area contributed by atoms with Gasteiger partial charge in [-0.15, -0.1) is 0 Å². The second kappa shape index (κ2) is 5.86. The first-order valence-electron chi connectivity index (χ1n) is 7.22. The van der Waals surface area contributed by atoms with Crippen molar-refractivity contribution in [1.82, 2.24) is 0 Å². The Bertz CT molecular complexity index is 657. The van der Waals surface area contributed by atoms with Crippen molar-refractivity contribution in [3.8, 4) is 5.75 Å². The van der Waals surface area contributed by atoms with Crippen LogP contribution in [0.1, 0.15) is 18.1 Å². The van der Waals surface area contributed by atoms with Crippen LogP contribution in [0.3, 0.4) is 0 Å². The molecule has 3 rings (SSSR count). The number of nitrogens with zero attached hydrogens (tertiary/aromatic N) is 1. The molecule has 2 aromatic rings. The van der Waals surface area contributed by atoms with Crippen molar-refractivity contribution in [2.24, 2.45) is 0 Å². The second-order valence-electron chi connectivity index (χ2n) is 5.26. The van der Waals surface area contributed by atoms with E-state index in [0.717, 1.165) is 53.8 Å². The average molecular weight is 303 g/mol. The smallest absolute Gasteiger partial charge is 0.127 e. The van der Waals surface area contributed by atoms with Gasteiger partial charge >= 0.3 is 0 Å². The van der Waals surface area contributed by atoms with Crippen LogP contribution in [0.25, 0.3) is 0 Å². The number of anilines is 2. The number of benzene rings is 2. The number of hydrogen-bond donors (Lipinski definition) is 1. The maximum atomic E-state index is 6.23. The maximum absolute atomic E-state index is 6.23. The molecule has 0 spiro atoms. The highest BCUT2D eigenvalue weighted by molar-refractivity contribution is 6.30. The van der Waals surface area contributed by atoms with E-state index in [-0.39, 0.29) is 0 Å². The highest BCUT2D eigenvalue weighted by Gasteiger charge is 2.19. The van der Waals surface area contributed by atoms with Gasteiger partial charge in [0.05, 0.1) is 6.61 Å². The molecule has 1 aliphatic rings. The number of hydrogen-bond acceptors (Lipinski definition) is 3. The molecular formula is C17H19ClN2O. The molecule has 0 unspecified atom stereocenters. The normalized spacial score (nSPS) is 12.9. The predicted octanol–water partition coefficient (Wildman–Crippen LogP) is 3.88. The molecule has 110 valence electrons. The van der Waals surface area contributed by atoms with Gasteiger partial charge in [0.2, 0.25) is 0 Å². The molecule has 0 fully saturated rings. The zero-order valence-electron chi connectivity index (χ0n) is 12.1. The minimum absolute atomic E-state index is 0.743. The summed E-state index contributed by atoms with van der Waals surface area (Å²) in [7, 11) is 0. The lowest BCUT2D eigenvalue weighted by Crippen LogP contribution is -2.22. The summed E-state index contributed by atoms with van der Waals surface area (Å²) in [6.45, 7) is 4.54. The molecular weight excluding hydrogens is 284 g/mol. The molecule has 0 aliphatic carbocycles. The lowest BCUT2D eigenvalue weighted by molar-refractivity contribution is 0.353. The fourth-order valence-corrected chi connectivity index (χ4v) is 3.04. The van der Waals surface area contributed by atoms with Gasteiger partial charge in [-0.1, -0.05) is 17.7 Å². The van der Waals surface area contributed by atoms with E-state index in [9.17, 15) is 0 Å². The van der Waals surface area contributed by atoms with Crippen molar-refractivity contribution >= 4 is 23.0 Å². The Kier molecular flexibility index (Phi) is 3.93. The van der Waals surface area contributed by atoms with Crippen LogP contribution in [0, 0.1) is 0 Å². The van der Waals surface area contributed by atoms with Crippen LogP contribution in [0.15, 0.2) is 36.4 Å². The third-order valence-electron chi connectivity index (χ3n) is 3.80. The Morgan fingerprint density at radius 3 is 2.90 bits per heavy atom. The first kappa shape index (κ1) is 14.1. The summed E-state index contributed by atoms with van der Waals surface area (Å²) < 4.78 is 5.78. The molecule has 1 aliphatic heterocycles. The Morgan fingerprint density at radius 2 is 2.14 bits per heavy atom. The van der Waals surface area contributed by atoms with E-state index in [1.807, 2.05) is 30.3 Å². The predicted molar refractivity (Wildman–Crippen MR) is 88.2 cm³/mol. The van der Waals surface area contributed by atoms with Crippen molar-refractivity contribution in [2.45, 2.75) is 19.9 Å². The molecule has 0 atom stereocenters. The highest BCUT2D eigenvalue weighted by atomic mass is 35.5. The molecule has 21 heavy (non-hydrogen) atoms. The van der Waals surface area contributed by atoms with E-state index in [0.29, 0.717) is 0 Å². The van der Waals surface area contributed by atoms with Gasteiger partial charge in [0.25, 0.3) is 0 Å². The van der Waals surface area contributed by atoms with E-state index in [1.165, 1.54) is 5.56 Å². The largest absolute Gasteiger partial charge is 0.493 e. The number of nitrogen functional groups attached to an aromatic ring is 1. The zero-order valence-corrected chi connectivity index (χ0v) is 12.9. The standard InChI is InChI=1S/C17H19ClN2O/c1-2-20(16-5-3-4-15(19)10-16)11-13-9-14(18)8-12-6-7-21-17(12)13/h3-5,8-10H,2,6-7,11,19H2,1H3. The van der Waals surface area contributed by atoms with Gasteiger partial charge in [0.1, 0.15) is 5.75 Å². The monoisotopic (exact) mass is 302 g/mol. The molecule has 0 saturated heterocycles. The van der Waals surface area contributed by atoms with Gasteiger partial charge in [-0.2, -0.15) is 0 Å². The summed E-state index contributed by atoms with van der Waals surface area (Å²) in [5.74, 6) is 1.00. The zero-order chi connectivity index (χ0) is 14.8. The van der Waals surface area contributed by atoms with Crippen LogP contribution >= 0.6 is 11.6 Å². The lowest BCUT2D eigenvalue weighted by Gasteiger charge is -2.24. The van der Waals surface area contributed by atoms with Gasteiger partial charge in [-0.3, -0.25) is 0 Å².